The molecule has 0 atom stereocenters. The van der Waals surface area contributed by atoms with Gasteiger partial charge in [0.25, 0.3) is 5.56 Å². The van der Waals surface area contributed by atoms with Crippen molar-refractivity contribution in [2.75, 3.05) is 7.11 Å². The van der Waals surface area contributed by atoms with Crippen molar-refractivity contribution in [3.63, 3.8) is 0 Å². The molecule has 0 saturated heterocycles. The highest BCUT2D eigenvalue weighted by Gasteiger charge is 2.06. The van der Waals surface area contributed by atoms with Gasteiger partial charge in [0.1, 0.15) is 5.75 Å². The van der Waals surface area contributed by atoms with E-state index in [1.807, 2.05) is 0 Å². The van der Waals surface area contributed by atoms with E-state index in [2.05, 4.69) is 4.98 Å². The molecule has 0 unspecified atom stereocenters. The summed E-state index contributed by atoms with van der Waals surface area (Å²) in [5.74, 6) is 0.597. The van der Waals surface area contributed by atoms with Gasteiger partial charge in [0.2, 0.25) is 0 Å². The monoisotopic (exact) mass is 220 g/mol. The van der Waals surface area contributed by atoms with Gasteiger partial charge in [-0.3, -0.25) is 9.36 Å². The SMILES string of the molecule is CCn1c(=O)[nH]c2ccc(OC)cc2c1=O. The Labute approximate surface area is 91.3 Å². The molecule has 0 spiro atoms. The number of H-pyrrole nitrogens is 1. The van der Waals surface area contributed by atoms with Crippen molar-refractivity contribution in [3.8, 4) is 5.75 Å². The fourth-order valence-electron chi connectivity index (χ4n) is 1.64. The molecule has 2 rings (SSSR count). The van der Waals surface area contributed by atoms with E-state index >= 15 is 0 Å². The molecule has 2 aromatic rings. The smallest absolute Gasteiger partial charge is 0.328 e. The summed E-state index contributed by atoms with van der Waals surface area (Å²) in [6.45, 7) is 2.10. The summed E-state index contributed by atoms with van der Waals surface area (Å²) in [4.78, 5) is 26.1. The molecule has 0 amide bonds. The van der Waals surface area contributed by atoms with Gasteiger partial charge in [-0.2, -0.15) is 0 Å². The number of hydrogen-bond acceptors (Lipinski definition) is 3. The molecular weight excluding hydrogens is 208 g/mol. The minimum absolute atomic E-state index is 0.292. The van der Waals surface area contributed by atoms with Crippen molar-refractivity contribution in [2.24, 2.45) is 0 Å². The lowest BCUT2D eigenvalue weighted by molar-refractivity contribution is 0.415. The van der Waals surface area contributed by atoms with Crippen molar-refractivity contribution in [2.45, 2.75) is 13.5 Å². The first-order valence-electron chi connectivity index (χ1n) is 4.98. The van der Waals surface area contributed by atoms with Crippen LogP contribution < -0.4 is 16.0 Å². The van der Waals surface area contributed by atoms with Crippen LogP contribution in [0.3, 0.4) is 0 Å². The van der Waals surface area contributed by atoms with E-state index in [-0.39, 0.29) is 11.2 Å². The van der Waals surface area contributed by atoms with Crippen LogP contribution in [0.1, 0.15) is 6.92 Å². The van der Waals surface area contributed by atoms with Gasteiger partial charge in [0.15, 0.2) is 0 Å². The van der Waals surface area contributed by atoms with Crippen LogP contribution in [0, 0.1) is 0 Å². The van der Waals surface area contributed by atoms with Crippen molar-refractivity contribution >= 4 is 10.9 Å². The third-order valence-electron chi connectivity index (χ3n) is 2.51. The molecule has 16 heavy (non-hydrogen) atoms. The average Bonchev–Trinajstić information content (AvgIpc) is 2.29. The second-order valence-electron chi connectivity index (χ2n) is 3.39. The summed E-state index contributed by atoms with van der Waals surface area (Å²) >= 11 is 0. The number of aromatic nitrogens is 2. The van der Waals surface area contributed by atoms with E-state index in [0.29, 0.717) is 23.2 Å². The Bertz CT molecular complexity index is 640. The van der Waals surface area contributed by atoms with Crippen LogP contribution >= 0.6 is 0 Å². The van der Waals surface area contributed by atoms with E-state index in [0.717, 1.165) is 4.57 Å². The highest BCUT2D eigenvalue weighted by Crippen LogP contribution is 2.14. The number of fused-ring (bicyclic) bond motifs is 1. The van der Waals surface area contributed by atoms with Gasteiger partial charge in [-0.25, -0.2) is 4.79 Å². The first kappa shape index (κ1) is 10.5. The lowest BCUT2D eigenvalue weighted by atomic mass is 10.2. The zero-order chi connectivity index (χ0) is 11.7. The standard InChI is InChI=1S/C11H12N2O3/c1-3-13-10(14)8-6-7(16-2)4-5-9(8)12-11(13)15/h4-6H,3H2,1-2H3,(H,12,15). The highest BCUT2D eigenvalue weighted by molar-refractivity contribution is 5.78. The van der Waals surface area contributed by atoms with Gasteiger partial charge in [-0.1, -0.05) is 0 Å². The fraction of sp³-hybridized carbons (Fsp3) is 0.273. The van der Waals surface area contributed by atoms with Gasteiger partial charge >= 0.3 is 5.69 Å². The third kappa shape index (κ3) is 1.50. The molecule has 1 heterocycles. The summed E-state index contributed by atoms with van der Waals surface area (Å²) in [5.41, 5.74) is -0.147. The Kier molecular flexibility index (Phi) is 2.52. The van der Waals surface area contributed by atoms with E-state index in [4.69, 9.17) is 4.74 Å². The number of rotatable bonds is 2. The van der Waals surface area contributed by atoms with E-state index in [9.17, 15) is 9.59 Å². The summed E-state index contributed by atoms with van der Waals surface area (Å²) in [7, 11) is 1.53. The molecule has 5 nitrogen and oxygen atoms in total. The zero-order valence-corrected chi connectivity index (χ0v) is 9.11. The van der Waals surface area contributed by atoms with Crippen LogP contribution in [0.15, 0.2) is 27.8 Å². The minimum atomic E-state index is -0.384. The van der Waals surface area contributed by atoms with Crippen molar-refractivity contribution in [3.05, 3.63) is 39.0 Å². The Hall–Kier alpha value is -2.04. The summed E-state index contributed by atoms with van der Waals surface area (Å²) < 4.78 is 6.20. The first-order valence-corrected chi connectivity index (χ1v) is 4.98. The van der Waals surface area contributed by atoms with E-state index in [1.165, 1.54) is 7.11 Å². The number of methoxy groups -OCH3 is 1. The lowest BCUT2D eigenvalue weighted by Crippen LogP contribution is -2.34. The van der Waals surface area contributed by atoms with Crippen LogP contribution in [0.5, 0.6) is 5.75 Å². The number of benzene rings is 1. The zero-order valence-electron chi connectivity index (χ0n) is 9.11. The summed E-state index contributed by atoms with van der Waals surface area (Å²) in [5, 5.41) is 0.459. The third-order valence-corrected chi connectivity index (χ3v) is 2.51. The molecule has 1 aromatic heterocycles. The number of ether oxygens (including phenoxy) is 1. The molecule has 1 N–H and O–H groups in total. The second-order valence-corrected chi connectivity index (χ2v) is 3.39. The molecule has 0 saturated carbocycles. The topological polar surface area (TPSA) is 64.1 Å². The molecule has 0 bridgehead atoms. The fourth-order valence-corrected chi connectivity index (χ4v) is 1.64. The first-order chi connectivity index (χ1) is 7.67. The highest BCUT2D eigenvalue weighted by atomic mass is 16.5. The van der Waals surface area contributed by atoms with Crippen LogP contribution in [0.4, 0.5) is 0 Å². The number of nitrogens with zero attached hydrogens (tertiary/aromatic N) is 1. The number of hydrogen-bond donors (Lipinski definition) is 1. The Balaban J connectivity index is 2.89. The molecule has 0 aliphatic rings. The molecule has 1 aromatic carbocycles. The molecule has 0 fully saturated rings. The molecular formula is C11H12N2O3. The quantitative estimate of drug-likeness (QED) is 0.811. The Morgan fingerprint density at radius 3 is 2.75 bits per heavy atom. The van der Waals surface area contributed by atoms with Crippen LogP contribution in [0.2, 0.25) is 0 Å². The maximum absolute atomic E-state index is 11.9. The molecule has 5 heteroatoms. The number of aromatic amines is 1. The van der Waals surface area contributed by atoms with Crippen molar-refractivity contribution < 1.29 is 4.74 Å². The summed E-state index contributed by atoms with van der Waals surface area (Å²) in [6, 6.07) is 4.99. The molecule has 0 aliphatic carbocycles. The second kappa shape index (κ2) is 3.84. The van der Waals surface area contributed by atoms with Gasteiger partial charge < -0.3 is 9.72 Å². The van der Waals surface area contributed by atoms with Crippen LogP contribution in [-0.2, 0) is 6.54 Å². The van der Waals surface area contributed by atoms with E-state index < -0.39 is 0 Å². The molecule has 0 radical (unpaired) electrons. The molecule has 84 valence electrons. The van der Waals surface area contributed by atoms with Gasteiger partial charge in [0, 0.05) is 6.54 Å². The predicted molar refractivity (Wildman–Crippen MR) is 61.1 cm³/mol. The van der Waals surface area contributed by atoms with E-state index in [1.54, 1.807) is 25.1 Å². The minimum Gasteiger partial charge on any atom is -0.497 e. The normalized spacial score (nSPS) is 10.6. The maximum atomic E-state index is 11.9. The van der Waals surface area contributed by atoms with Crippen molar-refractivity contribution in [1.29, 1.82) is 0 Å². The Morgan fingerprint density at radius 2 is 2.12 bits per heavy atom. The lowest BCUT2D eigenvalue weighted by Gasteiger charge is -2.04. The van der Waals surface area contributed by atoms with Gasteiger partial charge in [0.05, 0.1) is 18.0 Å². The average molecular weight is 220 g/mol. The van der Waals surface area contributed by atoms with Crippen LogP contribution in [0.25, 0.3) is 10.9 Å². The maximum Gasteiger partial charge on any atom is 0.328 e. The number of nitrogens with one attached hydrogen (secondary N) is 1. The summed E-state index contributed by atoms with van der Waals surface area (Å²) in [6.07, 6.45) is 0. The largest absolute Gasteiger partial charge is 0.497 e. The van der Waals surface area contributed by atoms with Gasteiger partial charge in [-0.15, -0.1) is 0 Å². The molecule has 0 aliphatic heterocycles. The predicted octanol–water partition coefficient (Wildman–Crippen LogP) is 0.718. The Morgan fingerprint density at radius 1 is 1.38 bits per heavy atom. The van der Waals surface area contributed by atoms with Crippen LogP contribution in [-0.4, -0.2) is 16.7 Å². The van der Waals surface area contributed by atoms with Gasteiger partial charge in [-0.05, 0) is 25.1 Å². The van der Waals surface area contributed by atoms with Crippen molar-refractivity contribution in [1.82, 2.24) is 9.55 Å².